The molecule has 2 aromatic carbocycles. The Kier molecular flexibility index (Phi) is 4.20. The lowest BCUT2D eigenvalue weighted by molar-refractivity contribution is 0.602. The fourth-order valence-corrected chi connectivity index (χ4v) is 3.11. The highest BCUT2D eigenvalue weighted by atomic mass is 35.5. The fourth-order valence-electron chi connectivity index (χ4n) is 2.36. The van der Waals surface area contributed by atoms with Crippen LogP contribution in [0.1, 0.15) is 0 Å². The average Bonchev–Trinajstić information content (AvgIpc) is 2.55. The Bertz CT molecular complexity index is 934. The van der Waals surface area contributed by atoms with Crippen molar-refractivity contribution in [3.05, 3.63) is 71.9 Å². The quantitative estimate of drug-likeness (QED) is 0.704. The van der Waals surface area contributed by atoms with Crippen LogP contribution in [0.3, 0.4) is 0 Å². The number of rotatable bonds is 3. The summed E-state index contributed by atoms with van der Waals surface area (Å²) in [5.74, 6) is 0. The Hall–Kier alpha value is -2.17. The zero-order valence-corrected chi connectivity index (χ0v) is 14.0. The summed E-state index contributed by atoms with van der Waals surface area (Å²) in [6.45, 7) is 0. The van der Waals surface area contributed by atoms with E-state index < -0.39 is 9.84 Å². The maximum atomic E-state index is 11.6. The molecule has 0 saturated heterocycles. The zero-order chi connectivity index (χ0) is 16.4. The SMILES string of the molecule is CS(=O)(=O)c1ccc(-c2cccnc2-c2ccc(Cl)cc2)cc1. The summed E-state index contributed by atoms with van der Waals surface area (Å²) in [6, 6.07) is 18.1. The van der Waals surface area contributed by atoms with E-state index in [-0.39, 0.29) is 0 Å². The Morgan fingerprint density at radius 1 is 0.870 bits per heavy atom. The van der Waals surface area contributed by atoms with Crippen molar-refractivity contribution in [2.45, 2.75) is 4.90 Å². The smallest absolute Gasteiger partial charge is 0.175 e. The monoisotopic (exact) mass is 343 g/mol. The third kappa shape index (κ3) is 3.44. The highest BCUT2D eigenvalue weighted by molar-refractivity contribution is 7.90. The number of pyridine rings is 1. The summed E-state index contributed by atoms with van der Waals surface area (Å²) in [4.78, 5) is 4.77. The first-order chi connectivity index (χ1) is 10.9. The van der Waals surface area contributed by atoms with Crippen molar-refractivity contribution < 1.29 is 8.42 Å². The number of aromatic nitrogens is 1. The summed E-state index contributed by atoms with van der Waals surface area (Å²) in [6.07, 6.45) is 2.93. The molecule has 0 N–H and O–H groups in total. The lowest BCUT2D eigenvalue weighted by Gasteiger charge is -2.09. The van der Waals surface area contributed by atoms with E-state index in [1.165, 1.54) is 6.26 Å². The van der Waals surface area contributed by atoms with Gasteiger partial charge < -0.3 is 0 Å². The fraction of sp³-hybridized carbons (Fsp3) is 0.0556. The second-order valence-corrected chi connectivity index (χ2v) is 7.66. The van der Waals surface area contributed by atoms with Gasteiger partial charge in [-0.2, -0.15) is 0 Å². The van der Waals surface area contributed by atoms with Crippen LogP contribution in [-0.4, -0.2) is 19.7 Å². The van der Waals surface area contributed by atoms with Gasteiger partial charge >= 0.3 is 0 Å². The van der Waals surface area contributed by atoms with Crippen molar-refractivity contribution >= 4 is 21.4 Å². The Morgan fingerprint density at radius 2 is 1.48 bits per heavy atom. The van der Waals surface area contributed by atoms with Gasteiger partial charge in [0.25, 0.3) is 0 Å². The van der Waals surface area contributed by atoms with Gasteiger partial charge in [0.1, 0.15) is 0 Å². The largest absolute Gasteiger partial charge is 0.256 e. The third-order valence-electron chi connectivity index (χ3n) is 3.52. The molecular weight excluding hydrogens is 330 g/mol. The minimum Gasteiger partial charge on any atom is -0.256 e. The molecule has 0 amide bonds. The first kappa shape index (κ1) is 15.7. The van der Waals surface area contributed by atoms with Crippen LogP contribution >= 0.6 is 11.6 Å². The lowest BCUT2D eigenvalue weighted by Crippen LogP contribution is -1.96. The summed E-state index contributed by atoms with van der Waals surface area (Å²) in [7, 11) is -3.20. The summed E-state index contributed by atoms with van der Waals surface area (Å²) < 4.78 is 23.2. The molecule has 0 bridgehead atoms. The van der Waals surface area contributed by atoms with Gasteiger partial charge in [0.15, 0.2) is 9.84 Å². The highest BCUT2D eigenvalue weighted by Gasteiger charge is 2.11. The molecule has 23 heavy (non-hydrogen) atoms. The molecule has 0 aliphatic heterocycles. The molecule has 3 nitrogen and oxygen atoms in total. The molecule has 1 aromatic heterocycles. The number of hydrogen-bond acceptors (Lipinski definition) is 3. The second kappa shape index (κ2) is 6.14. The molecule has 1 heterocycles. The normalized spacial score (nSPS) is 11.4. The van der Waals surface area contributed by atoms with E-state index in [1.54, 1.807) is 30.5 Å². The second-order valence-electron chi connectivity index (χ2n) is 5.20. The minimum absolute atomic E-state index is 0.304. The van der Waals surface area contributed by atoms with Crippen molar-refractivity contribution in [3.63, 3.8) is 0 Å². The number of benzene rings is 2. The molecule has 0 unspecified atom stereocenters. The molecule has 0 spiro atoms. The van der Waals surface area contributed by atoms with Crippen LogP contribution in [0.2, 0.25) is 5.02 Å². The molecule has 116 valence electrons. The van der Waals surface area contributed by atoms with Crippen molar-refractivity contribution in [3.8, 4) is 22.4 Å². The summed E-state index contributed by atoms with van der Waals surface area (Å²) in [5, 5.41) is 0.670. The lowest BCUT2D eigenvalue weighted by atomic mass is 9.99. The van der Waals surface area contributed by atoms with Crippen LogP contribution in [0.15, 0.2) is 71.8 Å². The van der Waals surface area contributed by atoms with E-state index in [0.29, 0.717) is 9.92 Å². The number of nitrogens with zero attached hydrogens (tertiary/aromatic N) is 1. The van der Waals surface area contributed by atoms with Crippen LogP contribution in [-0.2, 0) is 9.84 Å². The molecule has 3 rings (SSSR count). The predicted molar refractivity (Wildman–Crippen MR) is 93.2 cm³/mol. The minimum atomic E-state index is -3.20. The van der Waals surface area contributed by atoms with Gasteiger partial charge in [0.2, 0.25) is 0 Å². The Labute approximate surface area is 140 Å². The van der Waals surface area contributed by atoms with E-state index in [2.05, 4.69) is 4.98 Å². The summed E-state index contributed by atoms with van der Waals surface area (Å²) in [5.41, 5.74) is 3.64. The van der Waals surface area contributed by atoms with Crippen LogP contribution in [0.4, 0.5) is 0 Å². The third-order valence-corrected chi connectivity index (χ3v) is 4.90. The van der Waals surface area contributed by atoms with Gasteiger partial charge in [-0.05, 0) is 35.9 Å². The van der Waals surface area contributed by atoms with E-state index in [4.69, 9.17) is 11.6 Å². The van der Waals surface area contributed by atoms with Crippen molar-refractivity contribution in [2.24, 2.45) is 0 Å². The van der Waals surface area contributed by atoms with E-state index in [1.807, 2.05) is 36.4 Å². The van der Waals surface area contributed by atoms with Gasteiger partial charge in [0.05, 0.1) is 10.6 Å². The molecule has 0 radical (unpaired) electrons. The molecule has 0 atom stereocenters. The highest BCUT2D eigenvalue weighted by Crippen LogP contribution is 2.31. The average molecular weight is 344 g/mol. The molecule has 5 heteroatoms. The maximum absolute atomic E-state index is 11.6. The van der Waals surface area contributed by atoms with E-state index in [0.717, 1.165) is 22.4 Å². The topological polar surface area (TPSA) is 47.0 Å². The Morgan fingerprint density at radius 3 is 2.09 bits per heavy atom. The molecule has 0 fully saturated rings. The number of hydrogen-bond donors (Lipinski definition) is 0. The molecule has 0 aliphatic rings. The van der Waals surface area contributed by atoms with Crippen LogP contribution in [0.5, 0.6) is 0 Å². The molecule has 0 aliphatic carbocycles. The van der Waals surface area contributed by atoms with Crippen LogP contribution < -0.4 is 0 Å². The van der Waals surface area contributed by atoms with Gasteiger partial charge in [-0.3, -0.25) is 4.98 Å². The van der Waals surface area contributed by atoms with Crippen molar-refractivity contribution in [2.75, 3.05) is 6.26 Å². The first-order valence-electron chi connectivity index (χ1n) is 6.96. The summed E-state index contributed by atoms with van der Waals surface area (Å²) >= 11 is 5.94. The van der Waals surface area contributed by atoms with Crippen molar-refractivity contribution in [1.29, 1.82) is 0 Å². The number of sulfone groups is 1. The zero-order valence-electron chi connectivity index (χ0n) is 12.4. The van der Waals surface area contributed by atoms with Gasteiger partial charge in [-0.15, -0.1) is 0 Å². The molecule has 0 saturated carbocycles. The van der Waals surface area contributed by atoms with Gasteiger partial charge in [-0.25, -0.2) is 8.42 Å². The van der Waals surface area contributed by atoms with E-state index >= 15 is 0 Å². The van der Waals surface area contributed by atoms with E-state index in [9.17, 15) is 8.42 Å². The standard InChI is InChI=1S/C18H14ClNO2S/c1-23(21,22)16-10-6-13(7-11-16)17-3-2-12-20-18(17)14-4-8-15(19)9-5-14/h2-12H,1H3. The van der Waals surface area contributed by atoms with Gasteiger partial charge in [0, 0.05) is 28.6 Å². The Balaban J connectivity index is 2.09. The maximum Gasteiger partial charge on any atom is 0.175 e. The number of halogens is 1. The predicted octanol–water partition coefficient (Wildman–Crippen LogP) is 4.47. The van der Waals surface area contributed by atoms with Crippen molar-refractivity contribution in [1.82, 2.24) is 4.98 Å². The van der Waals surface area contributed by atoms with Crippen LogP contribution in [0.25, 0.3) is 22.4 Å². The van der Waals surface area contributed by atoms with Gasteiger partial charge in [-0.1, -0.05) is 41.9 Å². The first-order valence-corrected chi connectivity index (χ1v) is 9.23. The molecular formula is C18H14ClNO2S. The molecule has 3 aromatic rings. The van der Waals surface area contributed by atoms with Crippen LogP contribution in [0, 0.1) is 0 Å².